The van der Waals surface area contributed by atoms with E-state index in [1.54, 1.807) is 0 Å². The molecular weight excluding hydrogens is 410 g/mol. The van der Waals surface area contributed by atoms with Crippen molar-refractivity contribution in [1.82, 2.24) is 10.2 Å². The fourth-order valence-corrected chi connectivity index (χ4v) is 3.47. The molecule has 1 fully saturated rings. The summed E-state index contributed by atoms with van der Waals surface area (Å²) in [5.41, 5.74) is 4.43. The van der Waals surface area contributed by atoms with Crippen LogP contribution in [0.3, 0.4) is 0 Å². The van der Waals surface area contributed by atoms with Crippen LogP contribution >= 0.6 is 28.1 Å². The van der Waals surface area contributed by atoms with Crippen LogP contribution in [0.5, 0.6) is 0 Å². The number of anilines is 1. The van der Waals surface area contributed by atoms with Gasteiger partial charge in [0.05, 0.1) is 0 Å². The van der Waals surface area contributed by atoms with Gasteiger partial charge >= 0.3 is 0 Å². The Labute approximate surface area is 168 Å². The Morgan fingerprint density at radius 2 is 2.00 bits per heavy atom. The third-order valence-electron chi connectivity index (χ3n) is 4.51. The van der Waals surface area contributed by atoms with Crippen molar-refractivity contribution >= 4 is 44.9 Å². The quantitative estimate of drug-likeness (QED) is 0.689. The second-order valence-electron chi connectivity index (χ2n) is 6.46. The number of nitrogens with zero attached hydrogens (tertiary/aromatic N) is 1. The Hall–Kier alpha value is -1.92. The lowest BCUT2D eigenvalue weighted by atomic mass is 10.1. The van der Waals surface area contributed by atoms with Crippen molar-refractivity contribution in [3.05, 3.63) is 63.6 Å². The summed E-state index contributed by atoms with van der Waals surface area (Å²) in [6.45, 7) is 4.19. The van der Waals surface area contributed by atoms with Gasteiger partial charge in [0.25, 0.3) is 0 Å². The van der Waals surface area contributed by atoms with E-state index in [1.807, 2.05) is 42.2 Å². The van der Waals surface area contributed by atoms with Crippen LogP contribution in [0.15, 0.2) is 46.9 Å². The molecule has 0 saturated carbocycles. The summed E-state index contributed by atoms with van der Waals surface area (Å²) in [7, 11) is 0. The van der Waals surface area contributed by atoms with Crippen molar-refractivity contribution in [2.45, 2.75) is 32.9 Å². The summed E-state index contributed by atoms with van der Waals surface area (Å²) in [5, 5.41) is 7.06. The minimum atomic E-state index is 0.246. The number of halogens is 1. The minimum absolute atomic E-state index is 0.246. The first-order chi connectivity index (χ1) is 12.5. The van der Waals surface area contributed by atoms with E-state index >= 15 is 0 Å². The van der Waals surface area contributed by atoms with Crippen molar-refractivity contribution in [2.24, 2.45) is 0 Å². The van der Waals surface area contributed by atoms with E-state index in [0.717, 1.165) is 39.8 Å². The van der Waals surface area contributed by atoms with Crippen LogP contribution < -0.4 is 10.6 Å². The van der Waals surface area contributed by atoms with Gasteiger partial charge < -0.3 is 15.5 Å². The second-order valence-corrected chi connectivity index (χ2v) is 7.72. The van der Waals surface area contributed by atoms with E-state index in [0.29, 0.717) is 24.6 Å². The van der Waals surface area contributed by atoms with Crippen molar-refractivity contribution < 1.29 is 4.79 Å². The van der Waals surface area contributed by atoms with E-state index in [2.05, 4.69) is 38.7 Å². The summed E-state index contributed by atoms with van der Waals surface area (Å²) in [4.78, 5) is 13.8. The van der Waals surface area contributed by atoms with E-state index in [-0.39, 0.29) is 5.91 Å². The molecule has 2 aromatic rings. The first-order valence-corrected chi connectivity index (χ1v) is 9.88. The number of aryl methyl sites for hydroxylation is 1. The summed E-state index contributed by atoms with van der Waals surface area (Å²) < 4.78 is 1.08. The lowest BCUT2D eigenvalue weighted by molar-refractivity contribution is -0.128. The fraction of sp³-hybridized carbons (Fsp3) is 0.300. The topological polar surface area (TPSA) is 44.4 Å². The van der Waals surface area contributed by atoms with Crippen LogP contribution in [-0.4, -0.2) is 22.5 Å². The van der Waals surface area contributed by atoms with Crippen LogP contribution in [-0.2, 0) is 17.9 Å². The predicted octanol–water partition coefficient (Wildman–Crippen LogP) is 4.37. The normalized spacial score (nSPS) is 13.8. The van der Waals surface area contributed by atoms with E-state index < -0.39 is 0 Å². The highest BCUT2D eigenvalue weighted by molar-refractivity contribution is 9.10. The minimum Gasteiger partial charge on any atom is -0.358 e. The number of carbonyl (C=O) groups is 1. The molecule has 0 unspecified atom stereocenters. The Morgan fingerprint density at radius 1 is 1.23 bits per heavy atom. The maximum Gasteiger partial charge on any atom is 0.222 e. The molecule has 3 rings (SSSR count). The highest BCUT2D eigenvalue weighted by Crippen LogP contribution is 2.20. The Kier molecular flexibility index (Phi) is 6.27. The zero-order chi connectivity index (χ0) is 18.5. The van der Waals surface area contributed by atoms with Crippen LogP contribution in [0.25, 0.3) is 0 Å². The smallest absolute Gasteiger partial charge is 0.222 e. The molecule has 26 heavy (non-hydrogen) atoms. The molecule has 0 aromatic heterocycles. The molecule has 2 aromatic carbocycles. The van der Waals surface area contributed by atoms with Gasteiger partial charge in [-0.05, 0) is 60.5 Å². The van der Waals surface area contributed by atoms with Gasteiger partial charge in [0, 0.05) is 36.2 Å². The fourth-order valence-electron chi connectivity index (χ4n) is 3.03. The van der Waals surface area contributed by atoms with Gasteiger partial charge in [0.15, 0.2) is 5.11 Å². The van der Waals surface area contributed by atoms with Gasteiger partial charge in [-0.25, -0.2) is 0 Å². The Bertz CT molecular complexity index is 824. The number of rotatable bonds is 5. The number of likely N-dealkylation sites (tertiary alicyclic amines) is 1. The highest BCUT2D eigenvalue weighted by atomic mass is 79.9. The maximum atomic E-state index is 11.9. The third-order valence-corrected chi connectivity index (χ3v) is 5.64. The predicted molar refractivity (Wildman–Crippen MR) is 113 cm³/mol. The third kappa shape index (κ3) is 4.83. The molecule has 136 valence electrons. The number of amides is 1. The lowest BCUT2D eigenvalue weighted by Gasteiger charge is -2.19. The SMILES string of the molecule is Cc1cc(NC(=S)NCc2ccccc2CN2CCCC2=O)ccc1Br. The number of carbonyl (C=O) groups excluding carboxylic acids is 1. The molecule has 0 spiro atoms. The van der Waals surface area contributed by atoms with Gasteiger partial charge in [-0.3, -0.25) is 4.79 Å². The number of benzene rings is 2. The maximum absolute atomic E-state index is 11.9. The summed E-state index contributed by atoms with van der Waals surface area (Å²) in [6, 6.07) is 14.2. The molecule has 2 N–H and O–H groups in total. The first-order valence-electron chi connectivity index (χ1n) is 8.68. The zero-order valence-corrected chi connectivity index (χ0v) is 17.1. The number of hydrogen-bond donors (Lipinski definition) is 2. The van der Waals surface area contributed by atoms with Crippen molar-refractivity contribution in [1.29, 1.82) is 0 Å². The highest BCUT2D eigenvalue weighted by Gasteiger charge is 2.20. The Morgan fingerprint density at radius 3 is 2.69 bits per heavy atom. The number of thiocarbonyl (C=S) groups is 1. The molecule has 0 atom stereocenters. The van der Waals surface area contributed by atoms with Crippen LogP contribution in [0, 0.1) is 6.92 Å². The van der Waals surface area contributed by atoms with Crippen LogP contribution in [0.1, 0.15) is 29.5 Å². The molecule has 1 amide bonds. The number of hydrogen-bond acceptors (Lipinski definition) is 2. The van der Waals surface area contributed by atoms with Gasteiger partial charge in [-0.1, -0.05) is 40.2 Å². The van der Waals surface area contributed by atoms with Crippen LogP contribution in [0.4, 0.5) is 5.69 Å². The second kappa shape index (κ2) is 8.64. The molecule has 4 nitrogen and oxygen atoms in total. The summed E-state index contributed by atoms with van der Waals surface area (Å²) >= 11 is 8.92. The largest absolute Gasteiger partial charge is 0.358 e. The molecule has 0 aliphatic carbocycles. The molecular formula is C20H22BrN3OS. The summed E-state index contributed by atoms with van der Waals surface area (Å²) in [5.74, 6) is 0.246. The average Bonchev–Trinajstić information content (AvgIpc) is 3.02. The van der Waals surface area contributed by atoms with Crippen molar-refractivity contribution in [2.75, 3.05) is 11.9 Å². The van der Waals surface area contributed by atoms with Gasteiger partial charge in [-0.2, -0.15) is 0 Å². The van der Waals surface area contributed by atoms with Gasteiger partial charge in [-0.15, -0.1) is 0 Å². The molecule has 1 aliphatic rings. The zero-order valence-electron chi connectivity index (χ0n) is 14.7. The molecule has 0 radical (unpaired) electrons. The first kappa shape index (κ1) is 18.9. The monoisotopic (exact) mass is 431 g/mol. The molecule has 1 heterocycles. The van der Waals surface area contributed by atoms with Gasteiger partial charge in [0.1, 0.15) is 0 Å². The van der Waals surface area contributed by atoms with E-state index in [1.165, 1.54) is 0 Å². The molecule has 0 bridgehead atoms. The Balaban J connectivity index is 1.59. The van der Waals surface area contributed by atoms with Crippen LogP contribution in [0.2, 0.25) is 0 Å². The number of nitrogens with one attached hydrogen (secondary N) is 2. The molecule has 6 heteroatoms. The molecule has 1 aliphatic heterocycles. The van der Waals surface area contributed by atoms with Crippen molar-refractivity contribution in [3.8, 4) is 0 Å². The van der Waals surface area contributed by atoms with E-state index in [4.69, 9.17) is 12.2 Å². The van der Waals surface area contributed by atoms with E-state index in [9.17, 15) is 4.79 Å². The molecule has 1 saturated heterocycles. The lowest BCUT2D eigenvalue weighted by Crippen LogP contribution is -2.29. The standard InChI is InChI=1S/C20H22BrN3OS/c1-14-11-17(8-9-18(14)21)23-20(26)22-12-15-5-2-3-6-16(15)13-24-10-4-7-19(24)25/h2-3,5-6,8-9,11H,4,7,10,12-13H2,1H3,(H2,22,23,26). The van der Waals surface area contributed by atoms with Gasteiger partial charge in [0.2, 0.25) is 5.91 Å². The van der Waals surface area contributed by atoms with Crippen molar-refractivity contribution in [3.63, 3.8) is 0 Å². The summed E-state index contributed by atoms with van der Waals surface area (Å²) in [6.07, 6.45) is 1.63. The average molecular weight is 432 g/mol.